The molecule has 1 amide bonds. The summed E-state index contributed by atoms with van der Waals surface area (Å²) >= 11 is 7.18. The Morgan fingerprint density at radius 2 is 2.23 bits per heavy atom. The predicted octanol–water partition coefficient (Wildman–Crippen LogP) is 5.09. The van der Waals surface area contributed by atoms with E-state index in [1.54, 1.807) is 29.6 Å². The summed E-state index contributed by atoms with van der Waals surface area (Å²) in [5.74, 6) is -0.337. The molecule has 8 heteroatoms. The van der Waals surface area contributed by atoms with Gasteiger partial charge < -0.3 is 14.8 Å². The molecule has 5 nitrogen and oxygen atoms in total. The third-order valence-corrected chi connectivity index (χ3v) is 5.83. The number of hydrogen-bond donors (Lipinski definition) is 1. The minimum atomic E-state index is -0.459. The SMILES string of the molecule is O=C(NC[C@H]1CCCO1)c1csc(-c2ccc(OCc3cccc(Cl)c3)cc2F)n1. The molecule has 2 aromatic carbocycles. The fourth-order valence-corrected chi connectivity index (χ4v) is 4.20. The molecule has 2 heterocycles. The van der Waals surface area contributed by atoms with Crippen LogP contribution in [-0.2, 0) is 11.3 Å². The van der Waals surface area contributed by atoms with Gasteiger partial charge in [-0.15, -0.1) is 11.3 Å². The normalized spacial score (nSPS) is 15.9. The van der Waals surface area contributed by atoms with Gasteiger partial charge in [-0.05, 0) is 42.7 Å². The van der Waals surface area contributed by atoms with E-state index in [0.29, 0.717) is 27.9 Å². The van der Waals surface area contributed by atoms with Crippen LogP contribution in [0, 0.1) is 5.82 Å². The number of rotatable bonds is 7. The second kappa shape index (κ2) is 9.55. The number of ether oxygens (including phenoxy) is 2. The van der Waals surface area contributed by atoms with Crippen molar-refractivity contribution >= 4 is 28.8 Å². The monoisotopic (exact) mass is 446 g/mol. The highest BCUT2D eigenvalue weighted by molar-refractivity contribution is 7.13. The number of amides is 1. The van der Waals surface area contributed by atoms with Gasteiger partial charge in [0.1, 0.15) is 28.9 Å². The molecule has 4 rings (SSSR count). The molecule has 3 aromatic rings. The van der Waals surface area contributed by atoms with Crippen LogP contribution in [0.25, 0.3) is 10.6 Å². The van der Waals surface area contributed by atoms with Crippen LogP contribution in [0.5, 0.6) is 5.75 Å². The zero-order valence-electron chi connectivity index (χ0n) is 16.1. The number of carbonyl (C=O) groups excluding carboxylic acids is 1. The number of hydrogen-bond acceptors (Lipinski definition) is 5. The van der Waals surface area contributed by atoms with Crippen LogP contribution < -0.4 is 10.1 Å². The number of carbonyl (C=O) groups is 1. The smallest absolute Gasteiger partial charge is 0.270 e. The van der Waals surface area contributed by atoms with Gasteiger partial charge in [0, 0.05) is 35.2 Å². The van der Waals surface area contributed by atoms with E-state index < -0.39 is 5.82 Å². The Morgan fingerprint density at radius 3 is 3.00 bits per heavy atom. The van der Waals surface area contributed by atoms with E-state index in [4.69, 9.17) is 21.1 Å². The Bertz CT molecular complexity index is 1040. The lowest BCUT2D eigenvalue weighted by Crippen LogP contribution is -2.31. The van der Waals surface area contributed by atoms with Crippen molar-refractivity contribution in [3.8, 4) is 16.3 Å². The molecular formula is C22H20ClFN2O3S. The minimum Gasteiger partial charge on any atom is -0.489 e. The summed E-state index contributed by atoms with van der Waals surface area (Å²) in [4.78, 5) is 16.6. The largest absolute Gasteiger partial charge is 0.489 e. The Labute approximate surface area is 182 Å². The fraction of sp³-hybridized carbons (Fsp3) is 0.273. The summed E-state index contributed by atoms with van der Waals surface area (Å²) in [7, 11) is 0. The average molecular weight is 447 g/mol. The molecule has 1 fully saturated rings. The van der Waals surface area contributed by atoms with Gasteiger partial charge in [-0.1, -0.05) is 23.7 Å². The first-order chi connectivity index (χ1) is 14.6. The highest BCUT2D eigenvalue weighted by Crippen LogP contribution is 2.29. The molecule has 0 aliphatic carbocycles. The van der Waals surface area contributed by atoms with Crippen molar-refractivity contribution < 1.29 is 18.7 Å². The van der Waals surface area contributed by atoms with E-state index in [1.165, 1.54) is 17.4 Å². The van der Waals surface area contributed by atoms with E-state index in [0.717, 1.165) is 25.0 Å². The van der Waals surface area contributed by atoms with Crippen LogP contribution in [0.15, 0.2) is 47.8 Å². The van der Waals surface area contributed by atoms with Crippen LogP contribution in [0.1, 0.15) is 28.9 Å². The molecule has 1 aromatic heterocycles. The number of nitrogens with one attached hydrogen (secondary N) is 1. The Hall–Kier alpha value is -2.48. The van der Waals surface area contributed by atoms with Crippen molar-refractivity contribution in [1.82, 2.24) is 10.3 Å². The standard InChI is InChI=1S/C22H20ClFN2O3S/c23-15-4-1-3-14(9-15)12-29-16-6-7-18(19(24)10-16)22-26-20(13-30-22)21(27)25-11-17-5-2-8-28-17/h1,3-4,6-7,9-10,13,17H,2,5,8,11-12H2,(H,25,27)/t17-/m1/s1. The molecular weight excluding hydrogens is 427 g/mol. The van der Waals surface area contributed by atoms with Gasteiger partial charge in [-0.2, -0.15) is 0 Å². The lowest BCUT2D eigenvalue weighted by Gasteiger charge is -2.09. The van der Waals surface area contributed by atoms with Gasteiger partial charge in [-0.25, -0.2) is 9.37 Å². The zero-order chi connectivity index (χ0) is 20.9. The second-order valence-corrected chi connectivity index (χ2v) is 8.24. The number of thiazole rings is 1. The molecule has 0 saturated carbocycles. The van der Waals surface area contributed by atoms with Crippen LogP contribution in [0.4, 0.5) is 4.39 Å². The van der Waals surface area contributed by atoms with Crippen LogP contribution in [0.3, 0.4) is 0 Å². The molecule has 1 aliphatic rings. The molecule has 30 heavy (non-hydrogen) atoms. The summed E-state index contributed by atoms with van der Waals surface area (Å²) in [5.41, 5.74) is 1.49. The summed E-state index contributed by atoms with van der Waals surface area (Å²) in [6.07, 6.45) is 2.02. The molecule has 0 bridgehead atoms. The molecule has 1 saturated heterocycles. The third-order valence-electron chi connectivity index (χ3n) is 4.72. The van der Waals surface area contributed by atoms with E-state index in [-0.39, 0.29) is 24.3 Å². The highest BCUT2D eigenvalue weighted by atomic mass is 35.5. The lowest BCUT2D eigenvalue weighted by atomic mass is 10.2. The zero-order valence-corrected chi connectivity index (χ0v) is 17.6. The molecule has 1 aliphatic heterocycles. The third kappa shape index (κ3) is 5.16. The lowest BCUT2D eigenvalue weighted by molar-refractivity contribution is 0.0854. The number of halogens is 2. The minimum absolute atomic E-state index is 0.0592. The van der Waals surface area contributed by atoms with Gasteiger partial charge in [0.2, 0.25) is 0 Å². The van der Waals surface area contributed by atoms with E-state index >= 15 is 0 Å². The van der Waals surface area contributed by atoms with Gasteiger partial charge in [0.15, 0.2) is 0 Å². The summed E-state index contributed by atoms with van der Waals surface area (Å²) in [6, 6.07) is 11.9. The topological polar surface area (TPSA) is 60.5 Å². The van der Waals surface area contributed by atoms with Gasteiger partial charge in [-0.3, -0.25) is 4.79 Å². The fourth-order valence-electron chi connectivity index (χ4n) is 3.16. The maximum atomic E-state index is 14.6. The highest BCUT2D eigenvalue weighted by Gasteiger charge is 2.19. The van der Waals surface area contributed by atoms with Gasteiger partial charge in [0.05, 0.1) is 6.10 Å². The van der Waals surface area contributed by atoms with Crippen molar-refractivity contribution in [3.05, 3.63) is 69.9 Å². The maximum absolute atomic E-state index is 14.6. The quantitative estimate of drug-likeness (QED) is 0.549. The molecule has 0 unspecified atom stereocenters. The molecule has 0 spiro atoms. The maximum Gasteiger partial charge on any atom is 0.270 e. The second-order valence-electron chi connectivity index (χ2n) is 6.94. The Morgan fingerprint density at radius 1 is 1.33 bits per heavy atom. The first kappa shape index (κ1) is 20.8. The van der Waals surface area contributed by atoms with E-state index in [2.05, 4.69) is 10.3 Å². The van der Waals surface area contributed by atoms with Crippen molar-refractivity contribution in [2.75, 3.05) is 13.2 Å². The Balaban J connectivity index is 1.38. The van der Waals surface area contributed by atoms with Crippen molar-refractivity contribution in [2.24, 2.45) is 0 Å². The molecule has 0 radical (unpaired) electrons. The Kier molecular flexibility index (Phi) is 6.62. The van der Waals surface area contributed by atoms with Crippen LogP contribution in [0.2, 0.25) is 5.02 Å². The van der Waals surface area contributed by atoms with Crippen LogP contribution >= 0.6 is 22.9 Å². The summed E-state index contributed by atoms with van der Waals surface area (Å²) in [5, 5.41) is 5.51. The van der Waals surface area contributed by atoms with Crippen molar-refractivity contribution in [2.45, 2.75) is 25.6 Å². The summed E-state index contributed by atoms with van der Waals surface area (Å²) < 4.78 is 25.8. The first-order valence-electron chi connectivity index (χ1n) is 9.61. The molecule has 1 atom stereocenters. The number of aromatic nitrogens is 1. The van der Waals surface area contributed by atoms with Gasteiger partial charge in [0.25, 0.3) is 5.91 Å². The number of nitrogens with zero attached hydrogens (tertiary/aromatic N) is 1. The molecule has 1 N–H and O–H groups in total. The van der Waals surface area contributed by atoms with Crippen molar-refractivity contribution in [1.29, 1.82) is 0 Å². The number of benzene rings is 2. The van der Waals surface area contributed by atoms with Gasteiger partial charge >= 0.3 is 0 Å². The van der Waals surface area contributed by atoms with Crippen molar-refractivity contribution in [3.63, 3.8) is 0 Å². The first-order valence-corrected chi connectivity index (χ1v) is 10.9. The molecule has 156 valence electrons. The predicted molar refractivity (Wildman–Crippen MR) is 115 cm³/mol. The van der Waals surface area contributed by atoms with E-state index in [9.17, 15) is 9.18 Å². The summed E-state index contributed by atoms with van der Waals surface area (Å²) in [6.45, 7) is 1.48. The van der Waals surface area contributed by atoms with Crippen LogP contribution in [-0.4, -0.2) is 30.1 Å². The average Bonchev–Trinajstić information content (AvgIpc) is 3.43. The van der Waals surface area contributed by atoms with E-state index in [1.807, 2.05) is 12.1 Å².